The van der Waals surface area contributed by atoms with Crippen LogP contribution in [0.3, 0.4) is 0 Å². The molecule has 1 rings (SSSR count). The molecule has 0 spiro atoms. The van der Waals surface area contributed by atoms with Crippen molar-refractivity contribution in [3.8, 4) is 0 Å². The van der Waals surface area contributed by atoms with E-state index in [1.54, 1.807) is 0 Å². The third-order valence-electron chi connectivity index (χ3n) is 0.911. The average Bonchev–Trinajstić information content (AvgIpc) is 2.45. The van der Waals surface area contributed by atoms with Crippen LogP contribution >= 0.6 is 0 Å². The molecule has 0 aliphatic carbocycles. The Labute approximate surface area is 56.8 Å². The van der Waals surface area contributed by atoms with E-state index in [2.05, 4.69) is 11.7 Å². The van der Waals surface area contributed by atoms with Crippen molar-refractivity contribution in [2.45, 2.75) is 32.8 Å². The first-order valence-corrected chi connectivity index (χ1v) is 3.53. The summed E-state index contributed by atoms with van der Waals surface area (Å²) in [4.78, 5) is 0. The first kappa shape index (κ1) is 8.92. The Morgan fingerprint density at radius 1 is 1.56 bits per heavy atom. The highest BCUT2D eigenvalue weighted by Crippen LogP contribution is 1.91. The summed E-state index contributed by atoms with van der Waals surface area (Å²) in [5.74, 6) is 0. The van der Waals surface area contributed by atoms with Crippen molar-refractivity contribution in [2.24, 2.45) is 0 Å². The molecule has 2 heteroatoms. The number of hydrogen-bond donors (Lipinski definition) is 1. The molecule has 0 saturated carbocycles. The minimum Gasteiger partial charge on any atom is -0.393 e. The second-order valence-electron chi connectivity index (χ2n) is 2.25. The molecular weight excluding hydrogens is 116 g/mol. The van der Waals surface area contributed by atoms with Crippen molar-refractivity contribution in [1.29, 1.82) is 0 Å². The Morgan fingerprint density at radius 2 is 2.00 bits per heavy atom. The third-order valence-corrected chi connectivity index (χ3v) is 0.911. The molecule has 0 bridgehead atoms. The van der Waals surface area contributed by atoms with E-state index in [1.807, 2.05) is 6.92 Å². The van der Waals surface area contributed by atoms with E-state index in [0.717, 1.165) is 26.1 Å². The molecule has 0 aromatic heterocycles. The van der Waals surface area contributed by atoms with Gasteiger partial charge in [0.2, 0.25) is 0 Å². The first-order valence-electron chi connectivity index (χ1n) is 3.53. The number of aliphatic hydroxyl groups is 1. The molecule has 1 unspecified atom stereocenters. The molecule has 1 N–H and O–H groups in total. The molecule has 2 nitrogen and oxygen atoms in total. The van der Waals surface area contributed by atoms with E-state index in [-0.39, 0.29) is 6.10 Å². The summed E-state index contributed by atoms with van der Waals surface area (Å²) in [5, 5.41) is 8.55. The minimum absolute atomic E-state index is 0.102. The van der Waals surface area contributed by atoms with E-state index in [9.17, 15) is 0 Å². The smallest absolute Gasteiger partial charge is 0.0701 e. The van der Waals surface area contributed by atoms with Crippen molar-refractivity contribution in [2.75, 3.05) is 13.2 Å². The lowest BCUT2D eigenvalue weighted by atomic mass is 10.2. The molecule has 0 amide bonds. The fourth-order valence-electron chi connectivity index (χ4n) is 0.418. The summed E-state index contributed by atoms with van der Waals surface area (Å²) >= 11 is 0. The van der Waals surface area contributed by atoms with Gasteiger partial charge in [0, 0.05) is 0 Å². The van der Waals surface area contributed by atoms with Gasteiger partial charge in [-0.25, -0.2) is 0 Å². The van der Waals surface area contributed by atoms with Crippen LogP contribution in [0.1, 0.15) is 26.7 Å². The highest BCUT2D eigenvalue weighted by Gasteiger charge is 1.94. The van der Waals surface area contributed by atoms with Crippen LogP contribution < -0.4 is 0 Å². The molecule has 1 saturated heterocycles. The number of rotatable bonds is 2. The van der Waals surface area contributed by atoms with Crippen molar-refractivity contribution in [3.63, 3.8) is 0 Å². The van der Waals surface area contributed by atoms with Gasteiger partial charge in [-0.3, -0.25) is 0 Å². The van der Waals surface area contributed by atoms with E-state index < -0.39 is 0 Å². The SMILES string of the molecule is C1CO1.CCCC(C)O. The zero-order valence-corrected chi connectivity index (χ0v) is 6.26. The lowest BCUT2D eigenvalue weighted by Crippen LogP contribution is -1.95. The van der Waals surface area contributed by atoms with Crippen LogP contribution in [0.25, 0.3) is 0 Å². The normalized spacial score (nSPS) is 17.7. The zero-order chi connectivity index (χ0) is 7.11. The molecule has 1 aliphatic rings. The topological polar surface area (TPSA) is 32.8 Å². The summed E-state index contributed by atoms with van der Waals surface area (Å²) in [6, 6.07) is 0. The van der Waals surface area contributed by atoms with Crippen LogP contribution in [0.4, 0.5) is 0 Å². The number of ether oxygens (including phenoxy) is 1. The maximum Gasteiger partial charge on any atom is 0.0701 e. The molecule has 1 fully saturated rings. The van der Waals surface area contributed by atoms with E-state index in [0.29, 0.717) is 0 Å². The predicted molar refractivity (Wildman–Crippen MR) is 37.4 cm³/mol. The molecule has 56 valence electrons. The quantitative estimate of drug-likeness (QED) is 0.572. The summed E-state index contributed by atoms with van der Waals surface area (Å²) < 4.78 is 4.50. The summed E-state index contributed by atoms with van der Waals surface area (Å²) in [6.45, 7) is 5.87. The molecule has 0 aromatic rings. The molecule has 1 heterocycles. The Morgan fingerprint density at radius 3 is 2.00 bits per heavy atom. The van der Waals surface area contributed by atoms with Gasteiger partial charge in [-0.15, -0.1) is 0 Å². The molecule has 1 aliphatic heterocycles. The van der Waals surface area contributed by atoms with Gasteiger partial charge in [0.1, 0.15) is 0 Å². The van der Waals surface area contributed by atoms with Crippen LogP contribution in [-0.4, -0.2) is 24.4 Å². The summed E-state index contributed by atoms with van der Waals surface area (Å²) in [6.07, 6.45) is 1.91. The fraction of sp³-hybridized carbons (Fsp3) is 1.00. The summed E-state index contributed by atoms with van der Waals surface area (Å²) in [7, 11) is 0. The lowest BCUT2D eigenvalue weighted by Gasteiger charge is -1.95. The van der Waals surface area contributed by atoms with Crippen LogP contribution in [-0.2, 0) is 4.74 Å². The Hall–Kier alpha value is -0.0800. The highest BCUT2D eigenvalue weighted by molar-refractivity contribution is 4.40. The van der Waals surface area contributed by atoms with Crippen LogP contribution in [0.5, 0.6) is 0 Å². The van der Waals surface area contributed by atoms with Gasteiger partial charge in [0.25, 0.3) is 0 Å². The van der Waals surface area contributed by atoms with Crippen molar-refractivity contribution in [3.05, 3.63) is 0 Å². The maximum atomic E-state index is 8.55. The maximum absolute atomic E-state index is 8.55. The van der Waals surface area contributed by atoms with Gasteiger partial charge in [0.05, 0.1) is 19.3 Å². The molecular formula is C7H16O2. The van der Waals surface area contributed by atoms with Gasteiger partial charge in [0.15, 0.2) is 0 Å². The first-order chi connectivity index (χ1) is 4.27. The van der Waals surface area contributed by atoms with Gasteiger partial charge in [-0.1, -0.05) is 13.3 Å². The van der Waals surface area contributed by atoms with E-state index >= 15 is 0 Å². The third kappa shape index (κ3) is 18.1. The molecule has 0 aromatic carbocycles. The van der Waals surface area contributed by atoms with Crippen LogP contribution in [0, 0.1) is 0 Å². The van der Waals surface area contributed by atoms with Gasteiger partial charge in [-0.05, 0) is 13.3 Å². The van der Waals surface area contributed by atoms with Gasteiger partial charge in [-0.2, -0.15) is 0 Å². The number of epoxide rings is 1. The van der Waals surface area contributed by atoms with E-state index in [4.69, 9.17) is 5.11 Å². The van der Waals surface area contributed by atoms with Crippen molar-refractivity contribution in [1.82, 2.24) is 0 Å². The monoisotopic (exact) mass is 132 g/mol. The summed E-state index contributed by atoms with van der Waals surface area (Å²) in [5.41, 5.74) is 0. The standard InChI is InChI=1S/C5H12O.C2H4O/c1-3-4-5(2)6;1-2-3-1/h5-6H,3-4H2,1-2H3;1-2H2. The average molecular weight is 132 g/mol. The second kappa shape index (κ2) is 6.05. The largest absolute Gasteiger partial charge is 0.393 e. The molecule has 1 atom stereocenters. The van der Waals surface area contributed by atoms with Crippen molar-refractivity contribution >= 4 is 0 Å². The molecule has 9 heavy (non-hydrogen) atoms. The second-order valence-corrected chi connectivity index (χ2v) is 2.25. The molecule has 0 radical (unpaired) electrons. The Kier molecular flexibility index (Phi) is 5.99. The van der Waals surface area contributed by atoms with Crippen molar-refractivity contribution < 1.29 is 9.84 Å². The van der Waals surface area contributed by atoms with Gasteiger partial charge >= 0.3 is 0 Å². The van der Waals surface area contributed by atoms with Crippen LogP contribution in [0.2, 0.25) is 0 Å². The Bertz CT molecular complexity index is 48.1. The Balaban J connectivity index is 0.000000173. The highest BCUT2D eigenvalue weighted by atomic mass is 16.6. The van der Waals surface area contributed by atoms with Gasteiger partial charge < -0.3 is 9.84 Å². The lowest BCUT2D eigenvalue weighted by molar-refractivity contribution is 0.183. The van der Waals surface area contributed by atoms with E-state index in [1.165, 1.54) is 0 Å². The number of aliphatic hydroxyl groups excluding tert-OH is 1. The predicted octanol–water partition coefficient (Wildman–Crippen LogP) is 1.18. The zero-order valence-electron chi connectivity index (χ0n) is 6.26. The number of hydrogen-bond acceptors (Lipinski definition) is 2. The minimum atomic E-state index is -0.102. The van der Waals surface area contributed by atoms with Crippen LogP contribution in [0.15, 0.2) is 0 Å². The fourth-order valence-corrected chi connectivity index (χ4v) is 0.418.